The molecule has 9 heteroatoms. The molecule has 2 aliphatic rings. The Labute approximate surface area is 192 Å². The molecule has 0 spiro atoms. The van der Waals surface area contributed by atoms with E-state index in [1.807, 2.05) is 12.3 Å². The van der Waals surface area contributed by atoms with Gasteiger partial charge in [0.1, 0.15) is 5.82 Å². The van der Waals surface area contributed by atoms with Crippen LogP contribution in [0.25, 0.3) is 0 Å². The number of benzene rings is 1. The van der Waals surface area contributed by atoms with Crippen molar-refractivity contribution < 1.29 is 9.90 Å². The molecule has 2 aliphatic heterocycles. The average molecular weight is 453 g/mol. The first-order chi connectivity index (χ1) is 15.6. The van der Waals surface area contributed by atoms with Crippen molar-refractivity contribution in [2.75, 3.05) is 37.3 Å². The number of nitriles is 1. The quantitative estimate of drug-likeness (QED) is 0.546. The molecule has 2 aromatic rings. The van der Waals surface area contributed by atoms with E-state index in [0.29, 0.717) is 19.6 Å². The molecule has 8 nitrogen and oxygen atoms in total. The van der Waals surface area contributed by atoms with Crippen LogP contribution in [0.5, 0.6) is 0 Å². The maximum atomic E-state index is 11.6. The summed E-state index contributed by atoms with van der Waals surface area (Å²) in [5.41, 5.74) is 3.52. The fraction of sp³-hybridized carbons (Fsp3) is 0.478. The number of fused-ring (bicyclic) bond motifs is 1. The van der Waals surface area contributed by atoms with Gasteiger partial charge in [-0.05, 0) is 31.2 Å². The first-order valence-electron chi connectivity index (χ1n) is 10.9. The van der Waals surface area contributed by atoms with Crippen molar-refractivity contribution in [1.29, 1.82) is 5.26 Å². The lowest BCUT2D eigenvalue weighted by atomic mass is 10.1. The van der Waals surface area contributed by atoms with Crippen molar-refractivity contribution in [3.8, 4) is 6.07 Å². The summed E-state index contributed by atoms with van der Waals surface area (Å²) in [6, 6.07) is 12.3. The van der Waals surface area contributed by atoms with Gasteiger partial charge in [0.2, 0.25) is 0 Å². The molecule has 3 heterocycles. The molecule has 1 fully saturated rings. The number of carbonyl (C=O) groups is 1. The van der Waals surface area contributed by atoms with Crippen LogP contribution in [0.4, 0.5) is 10.6 Å². The van der Waals surface area contributed by atoms with Gasteiger partial charge >= 0.3 is 6.09 Å². The third-order valence-electron chi connectivity index (χ3n) is 6.11. The number of rotatable bonds is 5. The van der Waals surface area contributed by atoms with Crippen LogP contribution in [0.1, 0.15) is 29.7 Å². The largest absolute Gasteiger partial charge is 0.465 e. The molecule has 1 atom stereocenters. The first kappa shape index (κ1) is 22.4. The van der Waals surface area contributed by atoms with Crippen molar-refractivity contribution in [2.45, 2.75) is 43.6 Å². The van der Waals surface area contributed by atoms with E-state index >= 15 is 0 Å². The highest BCUT2D eigenvalue weighted by Crippen LogP contribution is 2.30. The minimum Gasteiger partial charge on any atom is -0.465 e. The van der Waals surface area contributed by atoms with Crippen LogP contribution < -0.4 is 4.90 Å². The van der Waals surface area contributed by atoms with E-state index in [1.165, 1.54) is 22.2 Å². The molecule has 1 N–H and O–H groups in total. The van der Waals surface area contributed by atoms with Gasteiger partial charge in [-0.15, -0.1) is 0 Å². The molecule has 4 rings (SSSR count). The Morgan fingerprint density at radius 1 is 1.25 bits per heavy atom. The summed E-state index contributed by atoms with van der Waals surface area (Å²) in [6.07, 6.45) is 3.10. The summed E-state index contributed by atoms with van der Waals surface area (Å²) in [4.78, 5) is 27.3. The number of hydrogen-bond acceptors (Lipinski definition) is 7. The monoisotopic (exact) mass is 452 g/mol. The summed E-state index contributed by atoms with van der Waals surface area (Å²) in [5, 5.41) is 19.5. The zero-order valence-electron chi connectivity index (χ0n) is 18.3. The Hall–Kier alpha value is -2.83. The van der Waals surface area contributed by atoms with Crippen molar-refractivity contribution in [2.24, 2.45) is 0 Å². The highest BCUT2D eigenvalue weighted by atomic mass is 32.2. The van der Waals surface area contributed by atoms with Crippen LogP contribution >= 0.6 is 11.8 Å². The minimum absolute atomic E-state index is 0.177. The van der Waals surface area contributed by atoms with Crippen LogP contribution in [0.3, 0.4) is 0 Å². The van der Waals surface area contributed by atoms with Gasteiger partial charge in [0.15, 0.2) is 5.16 Å². The highest BCUT2D eigenvalue weighted by Gasteiger charge is 2.33. The van der Waals surface area contributed by atoms with Gasteiger partial charge in [-0.25, -0.2) is 14.8 Å². The fourth-order valence-corrected chi connectivity index (χ4v) is 4.94. The third kappa shape index (κ3) is 4.97. The Morgan fingerprint density at radius 2 is 2.06 bits per heavy atom. The number of piperazine rings is 1. The highest BCUT2D eigenvalue weighted by molar-refractivity contribution is 7.98. The minimum atomic E-state index is -0.965. The molecule has 1 amide bonds. The number of nitrogens with zero attached hydrogens (tertiary/aromatic N) is 6. The second-order valence-electron chi connectivity index (χ2n) is 8.20. The van der Waals surface area contributed by atoms with Crippen LogP contribution in [0, 0.1) is 11.3 Å². The lowest BCUT2D eigenvalue weighted by molar-refractivity contribution is 0.119. The van der Waals surface area contributed by atoms with E-state index in [-0.39, 0.29) is 12.5 Å². The summed E-state index contributed by atoms with van der Waals surface area (Å²) in [5.74, 6) is 0.911. The molecule has 0 bridgehead atoms. The normalized spacial score (nSPS) is 19.2. The van der Waals surface area contributed by atoms with Crippen LogP contribution in [-0.2, 0) is 19.5 Å². The van der Waals surface area contributed by atoms with E-state index in [4.69, 9.17) is 9.97 Å². The Balaban J connectivity index is 1.61. The zero-order valence-corrected chi connectivity index (χ0v) is 19.1. The standard InChI is InChI=1S/C23H28N6O2S/c1-32-22-25-20-16-27(14-17-6-3-2-4-7-17)11-5-8-19(20)21(26-22)28-12-13-29(23(30)31)18(15-28)9-10-24/h2-4,6-7,18H,5,8-9,11-16H2,1H3,(H,30,31)/t18-/m0/s1. The lowest BCUT2D eigenvalue weighted by Gasteiger charge is -2.40. The maximum Gasteiger partial charge on any atom is 0.407 e. The number of aromatic nitrogens is 2. The van der Waals surface area contributed by atoms with Gasteiger partial charge in [0.25, 0.3) is 0 Å². The lowest BCUT2D eigenvalue weighted by Crippen LogP contribution is -2.55. The predicted molar refractivity (Wildman–Crippen MR) is 124 cm³/mol. The molecule has 168 valence electrons. The number of amides is 1. The van der Waals surface area contributed by atoms with Gasteiger partial charge in [-0.2, -0.15) is 5.26 Å². The Morgan fingerprint density at radius 3 is 2.78 bits per heavy atom. The van der Waals surface area contributed by atoms with Crippen molar-refractivity contribution in [1.82, 2.24) is 19.8 Å². The van der Waals surface area contributed by atoms with Crippen LogP contribution in [0.15, 0.2) is 35.5 Å². The molecular weight excluding hydrogens is 424 g/mol. The van der Waals surface area contributed by atoms with Crippen LogP contribution in [0.2, 0.25) is 0 Å². The molecule has 1 aromatic heterocycles. The van der Waals surface area contributed by atoms with Crippen molar-refractivity contribution >= 4 is 23.7 Å². The Bertz CT molecular complexity index is 996. The van der Waals surface area contributed by atoms with Crippen LogP contribution in [-0.4, -0.2) is 69.4 Å². The second-order valence-corrected chi connectivity index (χ2v) is 8.97. The zero-order chi connectivity index (χ0) is 22.5. The molecule has 1 saturated heterocycles. The maximum absolute atomic E-state index is 11.6. The predicted octanol–water partition coefficient (Wildman–Crippen LogP) is 3.23. The number of hydrogen-bond donors (Lipinski definition) is 1. The summed E-state index contributed by atoms with van der Waals surface area (Å²) in [7, 11) is 0. The summed E-state index contributed by atoms with van der Waals surface area (Å²) >= 11 is 1.52. The average Bonchev–Trinajstić information content (AvgIpc) is 3.00. The van der Waals surface area contributed by atoms with E-state index in [9.17, 15) is 15.2 Å². The third-order valence-corrected chi connectivity index (χ3v) is 6.66. The van der Waals surface area contributed by atoms with Crippen molar-refractivity contribution in [3.63, 3.8) is 0 Å². The smallest absolute Gasteiger partial charge is 0.407 e. The Kier molecular flexibility index (Phi) is 7.12. The van der Waals surface area contributed by atoms with E-state index in [0.717, 1.165) is 54.7 Å². The number of carboxylic acid groups (broad SMARTS) is 1. The van der Waals surface area contributed by atoms with E-state index < -0.39 is 6.09 Å². The SMILES string of the molecule is CSc1nc2c(c(N3CCN(C(=O)O)[C@@H](CC#N)C3)n1)CCCN(Cc1ccccc1)C2. The molecule has 32 heavy (non-hydrogen) atoms. The van der Waals surface area contributed by atoms with Gasteiger partial charge < -0.3 is 14.9 Å². The van der Waals surface area contributed by atoms with Crippen molar-refractivity contribution in [3.05, 3.63) is 47.2 Å². The molecular formula is C23H28N6O2S. The first-order valence-corrected chi connectivity index (χ1v) is 12.1. The number of anilines is 1. The van der Waals surface area contributed by atoms with Gasteiger partial charge in [-0.3, -0.25) is 4.90 Å². The van der Waals surface area contributed by atoms with Gasteiger partial charge in [0.05, 0.1) is 24.2 Å². The molecule has 0 unspecified atom stereocenters. The summed E-state index contributed by atoms with van der Waals surface area (Å²) < 4.78 is 0. The van der Waals surface area contributed by atoms with Gasteiger partial charge in [-0.1, -0.05) is 42.1 Å². The topological polar surface area (TPSA) is 96.6 Å². The van der Waals surface area contributed by atoms with E-state index in [2.05, 4.69) is 40.1 Å². The summed E-state index contributed by atoms with van der Waals surface area (Å²) in [6.45, 7) is 4.06. The molecule has 0 saturated carbocycles. The molecule has 1 aromatic carbocycles. The molecule has 0 radical (unpaired) electrons. The molecule has 0 aliphatic carbocycles. The second kappa shape index (κ2) is 10.2. The number of thioether (sulfide) groups is 1. The fourth-order valence-electron chi connectivity index (χ4n) is 4.56. The van der Waals surface area contributed by atoms with E-state index in [1.54, 1.807) is 0 Å². The van der Waals surface area contributed by atoms with Gasteiger partial charge in [0, 0.05) is 38.3 Å².